The lowest BCUT2D eigenvalue weighted by molar-refractivity contribution is -0.128. The molecular formula is C22H33N3O3S. The van der Waals surface area contributed by atoms with Crippen molar-refractivity contribution in [2.24, 2.45) is 17.1 Å². The minimum atomic E-state index is -1.09. The lowest BCUT2D eigenvalue weighted by Gasteiger charge is -2.36. The third-order valence-electron chi connectivity index (χ3n) is 5.45. The molecule has 4 N–H and O–H groups in total. The maximum atomic E-state index is 13.3. The van der Waals surface area contributed by atoms with Crippen molar-refractivity contribution in [2.45, 2.75) is 76.8 Å². The second-order valence-electron chi connectivity index (χ2n) is 8.32. The molecule has 0 radical (unpaired) electrons. The average molecular weight is 420 g/mol. The molecule has 0 bridgehead atoms. The van der Waals surface area contributed by atoms with Crippen molar-refractivity contribution < 1.29 is 14.4 Å². The summed E-state index contributed by atoms with van der Waals surface area (Å²) in [6, 6.07) is 7.22. The molecule has 160 valence electrons. The van der Waals surface area contributed by atoms with Crippen LogP contribution in [0.5, 0.6) is 0 Å². The van der Waals surface area contributed by atoms with Gasteiger partial charge < -0.3 is 16.4 Å². The molecule has 2 rings (SSSR count). The maximum absolute atomic E-state index is 13.3. The molecule has 0 aromatic heterocycles. The highest BCUT2D eigenvalue weighted by molar-refractivity contribution is 8.14. The van der Waals surface area contributed by atoms with Gasteiger partial charge in [-0.15, -0.1) is 0 Å². The lowest BCUT2D eigenvalue weighted by Crippen LogP contribution is -2.45. The van der Waals surface area contributed by atoms with E-state index in [9.17, 15) is 14.4 Å². The van der Waals surface area contributed by atoms with Crippen LogP contribution in [0.3, 0.4) is 0 Å². The van der Waals surface area contributed by atoms with Crippen LogP contribution in [0.25, 0.3) is 0 Å². The Kier molecular flexibility index (Phi) is 8.71. The van der Waals surface area contributed by atoms with Crippen molar-refractivity contribution in [1.29, 1.82) is 0 Å². The fourth-order valence-electron chi connectivity index (χ4n) is 3.75. The Hall–Kier alpha value is -1.86. The molecule has 1 saturated carbocycles. The number of rotatable bonds is 8. The van der Waals surface area contributed by atoms with Crippen molar-refractivity contribution in [1.82, 2.24) is 5.32 Å². The summed E-state index contributed by atoms with van der Waals surface area (Å²) >= 11 is 0.933. The van der Waals surface area contributed by atoms with Crippen LogP contribution in [-0.2, 0) is 14.4 Å². The quantitative estimate of drug-likeness (QED) is 0.436. The summed E-state index contributed by atoms with van der Waals surface area (Å²) < 4.78 is 0. The number of carbonyl (C=O) groups is 3. The second kappa shape index (κ2) is 10.8. The second-order valence-corrected chi connectivity index (χ2v) is 9.37. The van der Waals surface area contributed by atoms with Crippen LogP contribution in [0.1, 0.15) is 65.7 Å². The number of thioether (sulfide) groups is 1. The molecule has 1 atom stereocenters. The molecule has 29 heavy (non-hydrogen) atoms. The van der Waals surface area contributed by atoms with Gasteiger partial charge in [0, 0.05) is 17.2 Å². The predicted octanol–water partition coefficient (Wildman–Crippen LogP) is 4.05. The summed E-state index contributed by atoms with van der Waals surface area (Å²) in [5.74, 6) is 0.235. The van der Waals surface area contributed by atoms with Crippen LogP contribution in [0.4, 0.5) is 5.69 Å². The highest BCUT2D eigenvalue weighted by atomic mass is 32.2. The molecular weight excluding hydrogens is 386 g/mol. The summed E-state index contributed by atoms with van der Waals surface area (Å²) in [4.78, 5) is 37.4. The fourth-order valence-corrected chi connectivity index (χ4v) is 4.53. The molecule has 1 aromatic rings. The van der Waals surface area contributed by atoms with Crippen molar-refractivity contribution in [2.75, 3.05) is 5.32 Å². The smallest absolute Gasteiger partial charge is 0.230 e. The van der Waals surface area contributed by atoms with E-state index in [0.29, 0.717) is 16.5 Å². The van der Waals surface area contributed by atoms with E-state index in [1.807, 2.05) is 12.1 Å². The Morgan fingerprint density at radius 1 is 1.14 bits per heavy atom. The minimum absolute atomic E-state index is 0.0458. The van der Waals surface area contributed by atoms with Gasteiger partial charge >= 0.3 is 0 Å². The van der Waals surface area contributed by atoms with Gasteiger partial charge in [0.05, 0.1) is 5.69 Å². The number of benzene rings is 1. The van der Waals surface area contributed by atoms with Gasteiger partial charge in [0.2, 0.25) is 16.9 Å². The minimum Gasteiger partial charge on any atom is -0.334 e. The number of nitrogens with one attached hydrogen (secondary N) is 2. The molecule has 0 aliphatic heterocycles. The zero-order valence-electron chi connectivity index (χ0n) is 17.6. The van der Waals surface area contributed by atoms with E-state index in [1.54, 1.807) is 12.1 Å². The molecule has 0 saturated heterocycles. The van der Waals surface area contributed by atoms with Crippen molar-refractivity contribution >= 4 is 34.4 Å². The summed E-state index contributed by atoms with van der Waals surface area (Å²) in [5.41, 5.74) is 6.01. The third-order valence-corrected chi connectivity index (χ3v) is 6.48. The molecule has 7 heteroatoms. The van der Waals surface area contributed by atoms with E-state index in [-0.39, 0.29) is 22.3 Å². The van der Waals surface area contributed by atoms with Gasteiger partial charge in [-0.05, 0) is 55.5 Å². The Morgan fingerprint density at radius 3 is 2.41 bits per heavy atom. The number of anilines is 1. The Balaban J connectivity index is 2.14. The number of nitrogens with two attached hydrogens (primary N) is 1. The van der Waals surface area contributed by atoms with Gasteiger partial charge in [0.1, 0.15) is 6.17 Å². The monoisotopic (exact) mass is 419 g/mol. The van der Waals surface area contributed by atoms with Gasteiger partial charge in [0.15, 0.2) is 0 Å². The Bertz CT molecular complexity index is 730. The van der Waals surface area contributed by atoms with Crippen LogP contribution in [0, 0.1) is 11.3 Å². The van der Waals surface area contributed by atoms with Gasteiger partial charge in [-0.1, -0.05) is 45.2 Å². The van der Waals surface area contributed by atoms with Crippen molar-refractivity contribution in [3.8, 4) is 0 Å². The SMILES string of the molecule is CC(=O)N[C@@H](N)C(=O)Sc1ccccc1NC(=O)C1(CCC(C)C)CCCCC1. The zero-order valence-corrected chi connectivity index (χ0v) is 18.4. The number of hydrogen-bond donors (Lipinski definition) is 3. The van der Waals surface area contributed by atoms with E-state index in [1.165, 1.54) is 13.3 Å². The van der Waals surface area contributed by atoms with E-state index in [4.69, 9.17) is 5.73 Å². The average Bonchev–Trinajstić information content (AvgIpc) is 2.68. The molecule has 0 unspecified atom stereocenters. The Labute approximate surface area is 177 Å². The largest absolute Gasteiger partial charge is 0.334 e. The van der Waals surface area contributed by atoms with Crippen LogP contribution < -0.4 is 16.4 Å². The fraction of sp³-hybridized carbons (Fsp3) is 0.591. The molecule has 0 spiro atoms. The molecule has 1 aromatic carbocycles. The summed E-state index contributed by atoms with van der Waals surface area (Å²) in [5, 5.41) is 5.10. The Morgan fingerprint density at radius 2 is 1.79 bits per heavy atom. The predicted molar refractivity (Wildman–Crippen MR) is 117 cm³/mol. The standard InChI is InChI=1S/C22H33N3O3S/c1-15(2)11-14-22(12-7-4-8-13-22)21(28)25-17-9-5-6-10-18(17)29-20(27)19(23)24-16(3)26/h5-6,9-10,15,19H,4,7-8,11-14,23H2,1-3H3,(H,24,26)(H,25,28)/t19-/m1/s1. The first-order valence-corrected chi connectivity index (χ1v) is 11.2. The maximum Gasteiger partial charge on any atom is 0.230 e. The molecule has 2 amide bonds. The van der Waals surface area contributed by atoms with Crippen molar-refractivity contribution in [3.63, 3.8) is 0 Å². The van der Waals surface area contributed by atoms with Crippen LogP contribution in [-0.4, -0.2) is 23.1 Å². The van der Waals surface area contributed by atoms with E-state index in [0.717, 1.165) is 50.3 Å². The van der Waals surface area contributed by atoms with Gasteiger partial charge in [-0.25, -0.2) is 0 Å². The van der Waals surface area contributed by atoms with Crippen LogP contribution >= 0.6 is 11.8 Å². The summed E-state index contributed by atoms with van der Waals surface area (Å²) in [6.45, 7) is 5.68. The van der Waals surface area contributed by atoms with Crippen LogP contribution in [0.2, 0.25) is 0 Å². The van der Waals surface area contributed by atoms with Gasteiger partial charge in [-0.2, -0.15) is 0 Å². The molecule has 0 heterocycles. The highest BCUT2D eigenvalue weighted by Gasteiger charge is 2.39. The normalized spacial score (nSPS) is 16.9. The van der Waals surface area contributed by atoms with Gasteiger partial charge in [0.25, 0.3) is 0 Å². The first kappa shape index (κ1) is 23.4. The van der Waals surface area contributed by atoms with E-state index < -0.39 is 6.17 Å². The first-order valence-electron chi connectivity index (χ1n) is 10.4. The van der Waals surface area contributed by atoms with Crippen LogP contribution in [0.15, 0.2) is 29.2 Å². The summed E-state index contributed by atoms with van der Waals surface area (Å²) in [6.07, 6.45) is 5.97. The highest BCUT2D eigenvalue weighted by Crippen LogP contribution is 2.42. The number of amides is 2. The number of carbonyl (C=O) groups excluding carboxylic acids is 3. The van der Waals surface area contributed by atoms with E-state index >= 15 is 0 Å². The zero-order chi connectivity index (χ0) is 21.4. The number of hydrogen-bond acceptors (Lipinski definition) is 5. The van der Waals surface area contributed by atoms with E-state index in [2.05, 4.69) is 24.5 Å². The molecule has 1 fully saturated rings. The first-order chi connectivity index (χ1) is 13.7. The molecule has 6 nitrogen and oxygen atoms in total. The topological polar surface area (TPSA) is 101 Å². The van der Waals surface area contributed by atoms with Gasteiger partial charge in [-0.3, -0.25) is 14.4 Å². The number of para-hydroxylation sites is 1. The van der Waals surface area contributed by atoms with Crippen molar-refractivity contribution in [3.05, 3.63) is 24.3 Å². The third kappa shape index (κ3) is 6.85. The molecule has 1 aliphatic rings. The lowest BCUT2D eigenvalue weighted by atomic mass is 9.69. The summed E-state index contributed by atoms with van der Waals surface area (Å²) in [7, 11) is 0. The molecule has 1 aliphatic carbocycles.